The summed E-state index contributed by atoms with van der Waals surface area (Å²) in [5.41, 5.74) is 0.828. The van der Waals surface area contributed by atoms with Gasteiger partial charge < -0.3 is 5.32 Å². The van der Waals surface area contributed by atoms with Gasteiger partial charge in [-0.05, 0) is 71.2 Å². The Morgan fingerprint density at radius 3 is 2.24 bits per heavy atom. The molecule has 6 nitrogen and oxygen atoms in total. The van der Waals surface area contributed by atoms with Crippen LogP contribution in [0.4, 0.5) is 0 Å². The molecule has 1 aromatic carbocycles. The van der Waals surface area contributed by atoms with Crippen LogP contribution >= 0.6 is 0 Å². The van der Waals surface area contributed by atoms with Crippen LogP contribution in [0.15, 0.2) is 29.2 Å². The van der Waals surface area contributed by atoms with Gasteiger partial charge in [-0.25, -0.2) is 8.42 Å². The first kappa shape index (κ1) is 23.8. The highest BCUT2D eigenvalue weighted by molar-refractivity contribution is 7.89. The molecule has 0 aliphatic carbocycles. The van der Waals surface area contributed by atoms with Crippen LogP contribution in [0, 0.1) is 12.8 Å². The first-order chi connectivity index (χ1) is 13.5. The third-order valence-corrected chi connectivity index (χ3v) is 7.05. The standard InChI is InChI=1S/C22H37N3O3S/c1-17(2)15-20(24-29(27,28)19-11-9-18(3)10-12-19)21(26)23-16-22(4,5)25-13-7-6-8-14-25/h9-12,17,20,24H,6-8,13-16H2,1-5H3,(H,23,26). The number of nitrogens with zero attached hydrogens (tertiary/aromatic N) is 1. The van der Waals surface area contributed by atoms with Gasteiger partial charge in [0.2, 0.25) is 15.9 Å². The molecule has 0 aromatic heterocycles. The van der Waals surface area contributed by atoms with E-state index in [4.69, 9.17) is 0 Å². The van der Waals surface area contributed by atoms with Crippen molar-refractivity contribution in [2.75, 3.05) is 19.6 Å². The molecule has 1 amide bonds. The van der Waals surface area contributed by atoms with E-state index < -0.39 is 16.1 Å². The number of carbonyl (C=O) groups is 1. The highest BCUT2D eigenvalue weighted by Crippen LogP contribution is 2.20. The topological polar surface area (TPSA) is 78.5 Å². The van der Waals surface area contributed by atoms with Gasteiger partial charge in [0.05, 0.1) is 4.90 Å². The third kappa shape index (κ3) is 7.08. The van der Waals surface area contributed by atoms with Crippen LogP contribution in [0.3, 0.4) is 0 Å². The summed E-state index contributed by atoms with van der Waals surface area (Å²) in [5.74, 6) is -0.0824. The minimum Gasteiger partial charge on any atom is -0.353 e. The van der Waals surface area contributed by atoms with Crippen molar-refractivity contribution in [1.29, 1.82) is 0 Å². The van der Waals surface area contributed by atoms with Gasteiger partial charge in [-0.1, -0.05) is 38.0 Å². The molecule has 0 bridgehead atoms. The zero-order valence-corrected chi connectivity index (χ0v) is 19.3. The number of hydrogen-bond acceptors (Lipinski definition) is 4. The quantitative estimate of drug-likeness (QED) is 0.640. The number of likely N-dealkylation sites (tertiary alicyclic amines) is 1. The second-order valence-corrected chi connectivity index (χ2v) is 10.9. The largest absolute Gasteiger partial charge is 0.353 e. The lowest BCUT2D eigenvalue weighted by Crippen LogP contribution is -2.56. The van der Waals surface area contributed by atoms with E-state index in [2.05, 4.69) is 28.8 Å². The monoisotopic (exact) mass is 423 g/mol. The van der Waals surface area contributed by atoms with Crippen molar-refractivity contribution in [1.82, 2.24) is 14.9 Å². The average molecular weight is 424 g/mol. The predicted octanol–water partition coefficient (Wildman–Crippen LogP) is 3.07. The Kier molecular flexibility index (Phi) is 8.26. The fourth-order valence-electron chi connectivity index (χ4n) is 3.69. The zero-order valence-electron chi connectivity index (χ0n) is 18.5. The Bertz CT molecular complexity index is 767. The number of piperidine rings is 1. The second-order valence-electron chi connectivity index (χ2n) is 9.19. The number of benzene rings is 1. The SMILES string of the molecule is Cc1ccc(S(=O)(=O)NC(CC(C)C)C(=O)NCC(C)(C)N2CCCCC2)cc1. The summed E-state index contributed by atoms with van der Waals surface area (Å²) in [6.07, 6.45) is 4.07. The van der Waals surface area contributed by atoms with Crippen molar-refractivity contribution in [3.8, 4) is 0 Å². The number of aryl methyl sites for hydroxylation is 1. The molecule has 2 rings (SSSR count). The number of hydrogen-bond donors (Lipinski definition) is 2. The Balaban J connectivity index is 2.06. The van der Waals surface area contributed by atoms with E-state index in [-0.39, 0.29) is 22.3 Å². The number of amides is 1. The molecular weight excluding hydrogens is 386 g/mol. The third-order valence-electron chi connectivity index (χ3n) is 5.56. The predicted molar refractivity (Wildman–Crippen MR) is 117 cm³/mol. The molecule has 0 saturated carbocycles. The van der Waals surface area contributed by atoms with E-state index in [0.717, 1.165) is 18.7 Å². The maximum Gasteiger partial charge on any atom is 0.241 e. The number of nitrogens with one attached hydrogen (secondary N) is 2. The average Bonchev–Trinajstić information content (AvgIpc) is 2.66. The molecule has 1 aliphatic heterocycles. The fraction of sp³-hybridized carbons (Fsp3) is 0.682. The Morgan fingerprint density at radius 1 is 1.10 bits per heavy atom. The van der Waals surface area contributed by atoms with Crippen molar-refractivity contribution >= 4 is 15.9 Å². The lowest BCUT2D eigenvalue weighted by molar-refractivity contribution is -0.123. The van der Waals surface area contributed by atoms with E-state index in [1.165, 1.54) is 19.3 Å². The molecule has 1 atom stereocenters. The van der Waals surface area contributed by atoms with Crippen molar-refractivity contribution < 1.29 is 13.2 Å². The zero-order chi connectivity index (χ0) is 21.7. The van der Waals surface area contributed by atoms with Crippen molar-refractivity contribution in [3.05, 3.63) is 29.8 Å². The molecule has 164 valence electrons. The Hall–Kier alpha value is -1.44. The van der Waals surface area contributed by atoms with E-state index in [0.29, 0.717) is 13.0 Å². The molecule has 1 unspecified atom stereocenters. The number of sulfonamides is 1. The molecule has 1 aromatic rings. The van der Waals surface area contributed by atoms with Crippen LogP contribution in [0.2, 0.25) is 0 Å². The van der Waals surface area contributed by atoms with Gasteiger partial charge in [0.25, 0.3) is 0 Å². The molecule has 2 N–H and O–H groups in total. The van der Waals surface area contributed by atoms with Gasteiger partial charge in [0.15, 0.2) is 0 Å². The molecule has 29 heavy (non-hydrogen) atoms. The van der Waals surface area contributed by atoms with Crippen molar-refractivity contribution in [2.45, 2.75) is 76.8 Å². The van der Waals surface area contributed by atoms with Crippen LogP contribution in [0.25, 0.3) is 0 Å². The minimum atomic E-state index is -3.76. The number of rotatable bonds is 9. The summed E-state index contributed by atoms with van der Waals surface area (Å²) in [6, 6.07) is 5.86. The van der Waals surface area contributed by atoms with Gasteiger partial charge in [-0.3, -0.25) is 9.69 Å². The lowest BCUT2D eigenvalue weighted by Gasteiger charge is -2.41. The van der Waals surface area contributed by atoms with E-state index in [1.807, 2.05) is 20.8 Å². The van der Waals surface area contributed by atoms with Gasteiger partial charge >= 0.3 is 0 Å². The van der Waals surface area contributed by atoms with Crippen molar-refractivity contribution in [2.24, 2.45) is 5.92 Å². The van der Waals surface area contributed by atoms with E-state index >= 15 is 0 Å². The Morgan fingerprint density at radius 2 is 1.69 bits per heavy atom. The molecule has 0 radical (unpaired) electrons. The summed E-state index contributed by atoms with van der Waals surface area (Å²) < 4.78 is 28.2. The molecule has 0 spiro atoms. The summed E-state index contributed by atoms with van der Waals surface area (Å²) in [7, 11) is -3.76. The van der Waals surface area contributed by atoms with Crippen LogP contribution in [-0.4, -0.2) is 50.4 Å². The van der Waals surface area contributed by atoms with Crippen LogP contribution in [0.1, 0.15) is 58.9 Å². The highest BCUT2D eigenvalue weighted by Gasteiger charge is 2.31. The molecule has 1 fully saturated rings. The van der Waals surface area contributed by atoms with E-state index in [9.17, 15) is 13.2 Å². The molecule has 1 aliphatic rings. The second kappa shape index (κ2) is 10.0. The van der Waals surface area contributed by atoms with Gasteiger partial charge in [-0.2, -0.15) is 4.72 Å². The minimum absolute atomic E-state index is 0.158. The summed E-state index contributed by atoms with van der Waals surface area (Å²) in [6.45, 7) is 12.7. The van der Waals surface area contributed by atoms with Crippen LogP contribution in [-0.2, 0) is 14.8 Å². The molecule has 7 heteroatoms. The highest BCUT2D eigenvalue weighted by atomic mass is 32.2. The number of carbonyl (C=O) groups excluding carboxylic acids is 1. The first-order valence-electron chi connectivity index (χ1n) is 10.6. The first-order valence-corrected chi connectivity index (χ1v) is 12.1. The Labute approximate surface area is 176 Å². The van der Waals surface area contributed by atoms with Gasteiger partial charge in [0.1, 0.15) is 6.04 Å². The lowest BCUT2D eigenvalue weighted by atomic mass is 9.98. The molecular formula is C22H37N3O3S. The fourth-order valence-corrected chi connectivity index (χ4v) is 4.90. The summed E-state index contributed by atoms with van der Waals surface area (Å²) >= 11 is 0. The maximum absolute atomic E-state index is 12.9. The molecule has 1 saturated heterocycles. The van der Waals surface area contributed by atoms with Gasteiger partial charge in [-0.15, -0.1) is 0 Å². The summed E-state index contributed by atoms with van der Waals surface area (Å²) in [5, 5.41) is 3.00. The van der Waals surface area contributed by atoms with Crippen LogP contribution < -0.4 is 10.0 Å². The maximum atomic E-state index is 12.9. The normalized spacial score (nSPS) is 17.3. The summed E-state index contributed by atoms with van der Waals surface area (Å²) in [4.78, 5) is 15.5. The van der Waals surface area contributed by atoms with E-state index in [1.54, 1.807) is 24.3 Å². The van der Waals surface area contributed by atoms with Crippen molar-refractivity contribution in [3.63, 3.8) is 0 Å². The smallest absolute Gasteiger partial charge is 0.241 e. The molecule has 1 heterocycles. The van der Waals surface area contributed by atoms with Gasteiger partial charge in [0, 0.05) is 12.1 Å². The van der Waals surface area contributed by atoms with Crippen LogP contribution in [0.5, 0.6) is 0 Å².